The van der Waals surface area contributed by atoms with Crippen molar-refractivity contribution >= 4 is 22.4 Å². The number of anilines is 1. The molecule has 0 aliphatic carbocycles. The van der Waals surface area contributed by atoms with Gasteiger partial charge in [-0.05, 0) is 31.7 Å². The van der Waals surface area contributed by atoms with Crippen molar-refractivity contribution in [3.8, 4) is 0 Å². The van der Waals surface area contributed by atoms with Crippen LogP contribution in [0, 0.1) is 5.92 Å². The number of carbonyl (C=O) groups excluding carboxylic acids is 1. The molecule has 1 aliphatic rings. The molecular formula is C13H22N4OS. The first kappa shape index (κ1) is 14.4. The van der Waals surface area contributed by atoms with Crippen LogP contribution in [0.25, 0.3) is 0 Å². The van der Waals surface area contributed by atoms with Gasteiger partial charge in [-0.1, -0.05) is 25.2 Å². The highest BCUT2D eigenvalue weighted by Crippen LogP contribution is 2.19. The molecule has 106 valence electrons. The molecule has 5 nitrogen and oxygen atoms in total. The fourth-order valence-corrected chi connectivity index (χ4v) is 3.19. The third-order valence-corrected chi connectivity index (χ3v) is 4.04. The van der Waals surface area contributed by atoms with Gasteiger partial charge in [0.1, 0.15) is 5.01 Å². The third-order valence-electron chi connectivity index (χ3n) is 3.18. The molecule has 1 fully saturated rings. The molecule has 0 saturated carbocycles. The lowest BCUT2D eigenvalue weighted by molar-refractivity contribution is -0.116. The average molecular weight is 282 g/mol. The molecule has 2 rings (SSSR count). The van der Waals surface area contributed by atoms with Gasteiger partial charge in [-0.2, -0.15) is 0 Å². The van der Waals surface area contributed by atoms with Gasteiger partial charge in [0.2, 0.25) is 11.0 Å². The Morgan fingerprint density at radius 1 is 1.53 bits per heavy atom. The topological polar surface area (TPSA) is 66.9 Å². The van der Waals surface area contributed by atoms with Crippen LogP contribution in [0.5, 0.6) is 0 Å². The molecule has 1 unspecified atom stereocenters. The van der Waals surface area contributed by atoms with E-state index in [0.29, 0.717) is 23.5 Å². The second-order valence-corrected chi connectivity index (χ2v) is 6.54. The summed E-state index contributed by atoms with van der Waals surface area (Å²) in [6.45, 7) is 5.38. The number of nitrogens with zero attached hydrogens (tertiary/aromatic N) is 2. The minimum atomic E-state index is 0.0425. The van der Waals surface area contributed by atoms with Crippen LogP contribution in [0.4, 0.5) is 5.13 Å². The molecule has 2 heterocycles. The first-order chi connectivity index (χ1) is 9.13. The highest BCUT2D eigenvalue weighted by molar-refractivity contribution is 7.15. The lowest BCUT2D eigenvalue weighted by Gasteiger charge is -2.08. The summed E-state index contributed by atoms with van der Waals surface area (Å²) >= 11 is 1.48. The van der Waals surface area contributed by atoms with Gasteiger partial charge < -0.3 is 10.6 Å². The molecule has 19 heavy (non-hydrogen) atoms. The molecule has 0 spiro atoms. The number of aromatic nitrogens is 2. The molecule has 1 aromatic rings. The van der Waals surface area contributed by atoms with E-state index in [1.165, 1.54) is 24.2 Å². The summed E-state index contributed by atoms with van der Waals surface area (Å²) in [4.78, 5) is 11.8. The summed E-state index contributed by atoms with van der Waals surface area (Å²) in [5.41, 5.74) is 0. The van der Waals surface area contributed by atoms with Crippen molar-refractivity contribution in [1.82, 2.24) is 15.5 Å². The van der Waals surface area contributed by atoms with Crippen LogP contribution in [-0.2, 0) is 11.2 Å². The molecular weight excluding hydrogens is 260 g/mol. The highest BCUT2D eigenvalue weighted by Gasteiger charge is 2.16. The van der Waals surface area contributed by atoms with Gasteiger partial charge >= 0.3 is 0 Å². The molecule has 2 N–H and O–H groups in total. The molecule has 0 radical (unpaired) electrons. The van der Waals surface area contributed by atoms with E-state index in [9.17, 15) is 4.79 Å². The SMILES string of the molecule is CC(C)Cc1nnc(NC(=O)CCC2CCCN2)s1. The monoisotopic (exact) mass is 282 g/mol. The van der Waals surface area contributed by atoms with Crippen LogP contribution in [0.1, 0.15) is 44.5 Å². The van der Waals surface area contributed by atoms with Crippen LogP contribution in [0.2, 0.25) is 0 Å². The second kappa shape index (κ2) is 6.96. The van der Waals surface area contributed by atoms with E-state index in [4.69, 9.17) is 0 Å². The Morgan fingerprint density at radius 3 is 3.05 bits per heavy atom. The average Bonchev–Trinajstić information content (AvgIpc) is 2.97. The van der Waals surface area contributed by atoms with E-state index in [0.717, 1.165) is 24.4 Å². The molecule has 1 aliphatic heterocycles. The van der Waals surface area contributed by atoms with Crippen LogP contribution in [-0.4, -0.2) is 28.7 Å². The lowest BCUT2D eigenvalue weighted by Crippen LogP contribution is -2.23. The minimum absolute atomic E-state index is 0.0425. The third kappa shape index (κ3) is 4.87. The van der Waals surface area contributed by atoms with Crippen molar-refractivity contribution in [3.05, 3.63) is 5.01 Å². The number of hydrogen-bond acceptors (Lipinski definition) is 5. The van der Waals surface area contributed by atoms with Gasteiger partial charge in [0, 0.05) is 18.9 Å². The maximum atomic E-state index is 11.8. The second-order valence-electron chi connectivity index (χ2n) is 5.48. The number of hydrogen-bond donors (Lipinski definition) is 2. The molecule has 1 saturated heterocycles. The van der Waals surface area contributed by atoms with Crippen LogP contribution < -0.4 is 10.6 Å². The minimum Gasteiger partial charge on any atom is -0.314 e. The summed E-state index contributed by atoms with van der Waals surface area (Å²) in [5, 5.41) is 15.9. The Bertz CT molecular complexity index is 413. The van der Waals surface area contributed by atoms with Crippen LogP contribution in [0.3, 0.4) is 0 Å². The molecule has 1 atom stereocenters. The van der Waals surface area contributed by atoms with Crippen molar-refractivity contribution in [2.24, 2.45) is 5.92 Å². The lowest BCUT2D eigenvalue weighted by atomic mass is 10.1. The van der Waals surface area contributed by atoms with Gasteiger partial charge in [0.05, 0.1) is 0 Å². The van der Waals surface area contributed by atoms with E-state index >= 15 is 0 Å². The zero-order chi connectivity index (χ0) is 13.7. The molecule has 6 heteroatoms. The van der Waals surface area contributed by atoms with Crippen molar-refractivity contribution in [3.63, 3.8) is 0 Å². The number of carbonyl (C=O) groups is 1. The van der Waals surface area contributed by atoms with Gasteiger partial charge in [0.25, 0.3) is 0 Å². The highest BCUT2D eigenvalue weighted by atomic mass is 32.1. The Hall–Kier alpha value is -1.01. The molecule has 1 amide bonds. The zero-order valence-corrected chi connectivity index (χ0v) is 12.4. The quantitative estimate of drug-likeness (QED) is 0.839. The van der Waals surface area contributed by atoms with Crippen molar-refractivity contribution < 1.29 is 4.79 Å². The standard InChI is InChI=1S/C13H22N4OS/c1-9(2)8-12-16-17-13(19-12)15-11(18)6-5-10-4-3-7-14-10/h9-10,14H,3-8H2,1-2H3,(H,15,17,18). The largest absolute Gasteiger partial charge is 0.314 e. The number of rotatable bonds is 6. The van der Waals surface area contributed by atoms with E-state index in [1.807, 2.05) is 0 Å². The Kier molecular flexibility index (Phi) is 5.27. The zero-order valence-electron chi connectivity index (χ0n) is 11.6. The first-order valence-corrected chi connectivity index (χ1v) is 7.80. The van der Waals surface area contributed by atoms with E-state index in [1.54, 1.807) is 0 Å². The van der Waals surface area contributed by atoms with Gasteiger partial charge in [-0.15, -0.1) is 10.2 Å². The van der Waals surface area contributed by atoms with E-state index in [2.05, 4.69) is 34.7 Å². The predicted octanol–water partition coefficient (Wildman–Crippen LogP) is 2.21. The smallest absolute Gasteiger partial charge is 0.226 e. The predicted molar refractivity (Wildman–Crippen MR) is 77.3 cm³/mol. The fraction of sp³-hybridized carbons (Fsp3) is 0.769. The molecule has 1 aromatic heterocycles. The van der Waals surface area contributed by atoms with E-state index in [-0.39, 0.29) is 5.91 Å². The van der Waals surface area contributed by atoms with E-state index < -0.39 is 0 Å². The van der Waals surface area contributed by atoms with Gasteiger partial charge in [0.15, 0.2) is 0 Å². The Labute approximate surface area is 118 Å². The summed E-state index contributed by atoms with van der Waals surface area (Å²) in [7, 11) is 0. The summed E-state index contributed by atoms with van der Waals surface area (Å²) in [6, 6.07) is 0.511. The summed E-state index contributed by atoms with van der Waals surface area (Å²) in [6.07, 6.45) is 4.78. The maximum absolute atomic E-state index is 11.8. The van der Waals surface area contributed by atoms with Crippen LogP contribution >= 0.6 is 11.3 Å². The summed E-state index contributed by atoms with van der Waals surface area (Å²) in [5.74, 6) is 0.603. The fourth-order valence-electron chi connectivity index (χ4n) is 2.23. The van der Waals surface area contributed by atoms with Crippen LogP contribution in [0.15, 0.2) is 0 Å². The van der Waals surface area contributed by atoms with Gasteiger partial charge in [-0.25, -0.2) is 0 Å². The number of amides is 1. The normalized spacial score (nSPS) is 19.0. The number of nitrogens with one attached hydrogen (secondary N) is 2. The van der Waals surface area contributed by atoms with Crippen molar-refractivity contribution in [1.29, 1.82) is 0 Å². The maximum Gasteiger partial charge on any atom is 0.226 e. The Balaban J connectivity index is 1.73. The van der Waals surface area contributed by atoms with Crippen molar-refractivity contribution in [2.45, 2.75) is 52.0 Å². The Morgan fingerprint density at radius 2 is 2.37 bits per heavy atom. The van der Waals surface area contributed by atoms with Crippen molar-refractivity contribution in [2.75, 3.05) is 11.9 Å². The summed E-state index contributed by atoms with van der Waals surface area (Å²) < 4.78 is 0. The molecule has 0 aromatic carbocycles. The van der Waals surface area contributed by atoms with Gasteiger partial charge in [-0.3, -0.25) is 4.79 Å². The first-order valence-electron chi connectivity index (χ1n) is 6.99. The molecule has 0 bridgehead atoms.